The van der Waals surface area contributed by atoms with Crippen molar-refractivity contribution in [1.29, 1.82) is 0 Å². The Morgan fingerprint density at radius 1 is 1.35 bits per heavy atom. The molecule has 0 aliphatic heterocycles. The van der Waals surface area contributed by atoms with Gasteiger partial charge < -0.3 is 20.6 Å². The molecular formula is C13H21NO3. The van der Waals surface area contributed by atoms with Crippen LogP contribution in [0.1, 0.15) is 37.0 Å². The second-order valence-corrected chi connectivity index (χ2v) is 4.12. The van der Waals surface area contributed by atoms with Crippen molar-refractivity contribution in [2.45, 2.75) is 32.5 Å². The molecule has 0 spiro atoms. The molecule has 1 unspecified atom stereocenters. The smallest absolute Gasteiger partial charge is 0.121 e. The number of benzene rings is 1. The zero-order chi connectivity index (χ0) is 12.7. The highest BCUT2D eigenvalue weighted by Gasteiger charge is 2.09. The van der Waals surface area contributed by atoms with Gasteiger partial charge in [0, 0.05) is 12.1 Å². The zero-order valence-electron chi connectivity index (χ0n) is 10.2. The lowest BCUT2D eigenvalue weighted by Gasteiger charge is -2.13. The van der Waals surface area contributed by atoms with E-state index in [4.69, 9.17) is 5.11 Å². The van der Waals surface area contributed by atoms with E-state index >= 15 is 0 Å². The molecule has 17 heavy (non-hydrogen) atoms. The number of hydrogen-bond donors (Lipinski definition) is 4. The maximum Gasteiger partial charge on any atom is 0.121 e. The number of aliphatic hydroxyl groups is 2. The first-order valence-corrected chi connectivity index (χ1v) is 6.00. The van der Waals surface area contributed by atoms with Crippen LogP contribution in [0.15, 0.2) is 18.2 Å². The number of phenols is 1. The predicted molar refractivity (Wildman–Crippen MR) is 66.8 cm³/mol. The third-order valence-electron chi connectivity index (χ3n) is 2.70. The van der Waals surface area contributed by atoms with E-state index in [2.05, 4.69) is 12.2 Å². The van der Waals surface area contributed by atoms with Gasteiger partial charge in [0.05, 0.1) is 12.7 Å². The topological polar surface area (TPSA) is 72.7 Å². The van der Waals surface area contributed by atoms with E-state index in [0.717, 1.165) is 19.4 Å². The third kappa shape index (κ3) is 4.34. The summed E-state index contributed by atoms with van der Waals surface area (Å²) >= 11 is 0. The Bertz CT molecular complexity index is 341. The molecule has 0 saturated heterocycles. The fraction of sp³-hybridized carbons (Fsp3) is 0.538. The fourth-order valence-electron chi connectivity index (χ4n) is 1.60. The standard InChI is InChI=1S/C13H21NO3/c1-2-3-6-14-8-13(17)10-4-5-12(16)11(7-10)9-15/h4-5,7,13-17H,2-3,6,8-9H2,1H3. The average molecular weight is 239 g/mol. The number of aromatic hydroxyl groups is 1. The molecule has 0 radical (unpaired) electrons. The summed E-state index contributed by atoms with van der Waals surface area (Å²) in [6.07, 6.45) is 1.60. The van der Waals surface area contributed by atoms with Gasteiger partial charge in [-0.15, -0.1) is 0 Å². The Labute approximate surface area is 102 Å². The first-order valence-electron chi connectivity index (χ1n) is 6.00. The molecule has 0 saturated carbocycles. The quantitative estimate of drug-likeness (QED) is 0.541. The lowest BCUT2D eigenvalue weighted by molar-refractivity contribution is 0.174. The Hall–Kier alpha value is -1.10. The van der Waals surface area contributed by atoms with Gasteiger partial charge in [-0.1, -0.05) is 19.4 Å². The molecule has 0 heterocycles. The lowest BCUT2D eigenvalue weighted by atomic mass is 10.1. The number of hydrogen-bond acceptors (Lipinski definition) is 4. The molecule has 4 N–H and O–H groups in total. The van der Waals surface area contributed by atoms with Crippen LogP contribution in [-0.4, -0.2) is 28.4 Å². The van der Waals surface area contributed by atoms with Crippen molar-refractivity contribution in [3.05, 3.63) is 29.3 Å². The van der Waals surface area contributed by atoms with Gasteiger partial charge in [-0.3, -0.25) is 0 Å². The van der Waals surface area contributed by atoms with Crippen LogP contribution in [0.4, 0.5) is 0 Å². The molecule has 1 aromatic carbocycles. The first-order chi connectivity index (χ1) is 8.19. The van der Waals surface area contributed by atoms with Crippen LogP contribution >= 0.6 is 0 Å². The van der Waals surface area contributed by atoms with Gasteiger partial charge in [-0.25, -0.2) is 0 Å². The molecule has 0 amide bonds. The van der Waals surface area contributed by atoms with E-state index in [1.165, 1.54) is 6.07 Å². The van der Waals surface area contributed by atoms with Gasteiger partial charge in [0.1, 0.15) is 5.75 Å². The van der Waals surface area contributed by atoms with Gasteiger partial charge in [-0.05, 0) is 30.7 Å². The maximum atomic E-state index is 9.90. The zero-order valence-corrected chi connectivity index (χ0v) is 10.2. The van der Waals surface area contributed by atoms with Crippen molar-refractivity contribution in [3.8, 4) is 5.75 Å². The molecule has 0 aliphatic rings. The monoisotopic (exact) mass is 239 g/mol. The summed E-state index contributed by atoms with van der Waals surface area (Å²) in [5.41, 5.74) is 1.14. The molecule has 1 aromatic rings. The van der Waals surface area contributed by atoms with E-state index in [-0.39, 0.29) is 12.4 Å². The van der Waals surface area contributed by atoms with Gasteiger partial charge in [0.25, 0.3) is 0 Å². The van der Waals surface area contributed by atoms with Gasteiger partial charge in [0.15, 0.2) is 0 Å². The van der Waals surface area contributed by atoms with Crippen molar-refractivity contribution in [2.75, 3.05) is 13.1 Å². The Morgan fingerprint density at radius 3 is 2.76 bits per heavy atom. The Balaban J connectivity index is 2.53. The van der Waals surface area contributed by atoms with Crippen molar-refractivity contribution in [2.24, 2.45) is 0 Å². The second kappa shape index (κ2) is 7.27. The van der Waals surface area contributed by atoms with Crippen molar-refractivity contribution < 1.29 is 15.3 Å². The molecule has 96 valence electrons. The van der Waals surface area contributed by atoms with Crippen molar-refractivity contribution >= 4 is 0 Å². The highest BCUT2D eigenvalue weighted by atomic mass is 16.3. The van der Waals surface area contributed by atoms with E-state index in [1.807, 2.05) is 0 Å². The minimum absolute atomic E-state index is 0.0578. The van der Waals surface area contributed by atoms with Crippen LogP contribution in [0.3, 0.4) is 0 Å². The molecule has 4 heteroatoms. The molecular weight excluding hydrogens is 218 g/mol. The lowest BCUT2D eigenvalue weighted by Crippen LogP contribution is -2.22. The normalized spacial score (nSPS) is 12.6. The van der Waals surface area contributed by atoms with E-state index in [0.29, 0.717) is 17.7 Å². The number of unbranched alkanes of at least 4 members (excludes halogenated alkanes) is 1. The van der Waals surface area contributed by atoms with Crippen LogP contribution in [0.2, 0.25) is 0 Å². The number of nitrogens with one attached hydrogen (secondary N) is 1. The molecule has 1 rings (SSSR count). The van der Waals surface area contributed by atoms with Gasteiger partial charge in [0.2, 0.25) is 0 Å². The van der Waals surface area contributed by atoms with Crippen LogP contribution < -0.4 is 5.32 Å². The van der Waals surface area contributed by atoms with E-state index in [9.17, 15) is 10.2 Å². The van der Waals surface area contributed by atoms with Crippen molar-refractivity contribution in [3.63, 3.8) is 0 Å². The SMILES string of the molecule is CCCCNCC(O)c1ccc(O)c(CO)c1. The van der Waals surface area contributed by atoms with Crippen LogP contribution in [-0.2, 0) is 6.61 Å². The van der Waals surface area contributed by atoms with Gasteiger partial charge in [-0.2, -0.15) is 0 Å². The third-order valence-corrected chi connectivity index (χ3v) is 2.70. The van der Waals surface area contributed by atoms with Crippen LogP contribution in [0, 0.1) is 0 Å². The summed E-state index contributed by atoms with van der Waals surface area (Å²) in [5, 5.41) is 31.5. The highest BCUT2D eigenvalue weighted by molar-refractivity contribution is 5.36. The summed E-state index contributed by atoms with van der Waals surface area (Å²) in [7, 11) is 0. The minimum Gasteiger partial charge on any atom is -0.508 e. The van der Waals surface area contributed by atoms with E-state index in [1.54, 1.807) is 12.1 Å². The summed E-state index contributed by atoms with van der Waals surface area (Å²) in [6, 6.07) is 4.79. The number of rotatable bonds is 7. The average Bonchev–Trinajstić information content (AvgIpc) is 2.35. The summed E-state index contributed by atoms with van der Waals surface area (Å²) in [4.78, 5) is 0. The van der Waals surface area contributed by atoms with Gasteiger partial charge >= 0.3 is 0 Å². The van der Waals surface area contributed by atoms with Crippen molar-refractivity contribution in [1.82, 2.24) is 5.32 Å². The molecule has 1 atom stereocenters. The predicted octanol–water partition coefficient (Wildman–Crippen LogP) is 1.31. The first kappa shape index (κ1) is 14.0. The molecule has 0 aromatic heterocycles. The van der Waals surface area contributed by atoms with Crippen LogP contribution in [0.5, 0.6) is 5.75 Å². The summed E-state index contributed by atoms with van der Waals surface area (Å²) < 4.78 is 0. The minimum atomic E-state index is -0.613. The largest absolute Gasteiger partial charge is 0.508 e. The second-order valence-electron chi connectivity index (χ2n) is 4.12. The molecule has 4 nitrogen and oxygen atoms in total. The molecule has 0 bridgehead atoms. The Kier molecular flexibility index (Phi) is 5.97. The van der Waals surface area contributed by atoms with E-state index < -0.39 is 6.10 Å². The Morgan fingerprint density at radius 2 is 2.12 bits per heavy atom. The summed E-state index contributed by atoms with van der Waals surface area (Å²) in [5.74, 6) is 0.0578. The molecule has 0 fully saturated rings. The maximum absolute atomic E-state index is 9.90. The number of aliphatic hydroxyl groups excluding tert-OH is 2. The molecule has 0 aliphatic carbocycles. The highest BCUT2D eigenvalue weighted by Crippen LogP contribution is 2.22. The van der Waals surface area contributed by atoms with Crippen LogP contribution in [0.25, 0.3) is 0 Å². The summed E-state index contributed by atoms with van der Waals surface area (Å²) in [6.45, 7) is 3.26. The fourth-order valence-corrected chi connectivity index (χ4v) is 1.60.